The predicted octanol–water partition coefficient (Wildman–Crippen LogP) is 3.54. The SMILES string of the molecule is COc1cc(C(F)(F)F)c(CC2(O)CC2)cc1Br. The maximum absolute atomic E-state index is 12.9. The zero-order valence-corrected chi connectivity index (χ0v) is 11.2. The zero-order chi connectivity index (χ0) is 13.6. The summed E-state index contributed by atoms with van der Waals surface area (Å²) in [6, 6.07) is 2.34. The summed E-state index contributed by atoms with van der Waals surface area (Å²) in [5, 5.41) is 9.78. The van der Waals surface area contributed by atoms with Gasteiger partial charge in [-0.05, 0) is 46.5 Å². The maximum atomic E-state index is 12.9. The standard InChI is InChI=1S/C12H12BrF3O2/c1-18-10-5-8(12(14,15)16)7(4-9(10)13)6-11(17)2-3-11/h4-5,17H,2-3,6H2,1H3. The van der Waals surface area contributed by atoms with Crippen LogP contribution in [0.2, 0.25) is 0 Å². The Hall–Kier alpha value is -0.750. The molecule has 1 aliphatic carbocycles. The third kappa shape index (κ3) is 2.80. The van der Waals surface area contributed by atoms with Crippen LogP contribution in [-0.4, -0.2) is 17.8 Å². The molecular weight excluding hydrogens is 313 g/mol. The van der Waals surface area contributed by atoms with E-state index in [-0.39, 0.29) is 17.7 Å². The molecule has 1 fully saturated rings. The summed E-state index contributed by atoms with van der Waals surface area (Å²) >= 11 is 3.16. The largest absolute Gasteiger partial charge is 0.496 e. The van der Waals surface area contributed by atoms with Gasteiger partial charge in [0.2, 0.25) is 0 Å². The normalized spacial score (nSPS) is 17.7. The van der Waals surface area contributed by atoms with Crippen molar-refractivity contribution in [3.63, 3.8) is 0 Å². The Balaban J connectivity index is 2.45. The van der Waals surface area contributed by atoms with E-state index in [1.54, 1.807) is 0 Å². The third-order valence-electron chi connectivity index (χ3n) is 3.03. The lowest BCUT2D eigenvalue weighted by Gasteiger charge is -2.17. The van der Waals surface area contributed by atoms with Gasteiger partial charge in [0.1, 0.15) is 5.75 Å². The van der Waals surface area contributed by atoms with Gasteiger partial charge in [-0.2, -0.15) is 13.2 Å². The van der Waals surface area contributed by atoms with Gasteiger partial charge in [0, 0.05) is 6.42 Å². The van der Waals surface area contributed by atoms with Gasteiger partial charge < -0.3 is 9.84 Å². The first kappa shape index (κ1) is 13.7. The average molecular weight is 325 g/mol. The highest BCUT2D eigenvalue weighted by molar-refractivity contribution is 9.10. The topological polar surface area (TPSA) is 29.5 Å². The molecule has 2 nitrogen and oxygen atoms in total. The van der Waals surface area contributed by atoms with Crippen molar-refractivity contribution < 1.29 is 23.0 Å². The lowest BCUT2D eigenvalue weighted by atomic mass is 9.99. The van der Waals surface area contributed by atoms with E-state index in [0.29, 0.717) is 17.3 Å². The summed E-state index contributed by atoms with van der Waals surface area (Å²) in [6.07, 6.45) is -3.33. The van der Waals surface area contributed by atoms with Crippen molar-refractivity contribution in [3.05, 3.63) is 27.7 Å². The summed E-state index contributed by atoms with van der Waals surface area (Å²) in [5.41, 5.74) is -1.62. The minimum Gasteiger partial charge on any atom is -0.496 e. The quantitative estimate of drug-likeness (QED) is 0.921. The van der Waals surface area contributed by atoms with Gasteiger partial charge in [-0.25, -0.2) is 0 Å². The number of hydrogen-bond donors (Lipinski definition) is 1. The third-order valence-corrected chi connectivity index (χ3v) is 3.65. The number of benzene rings is 1. The first-order valence-corrected chi connectivity index (χ1v) is 6.20. The minimum absolute atomic E-state index is 0.0183. The van der Waals surface area contributed by atoms with Gasteiger partial charge in [-0.3, -0.25) is 0 Å². The van der Waals surface area contributed by atoms with E-state index < -0.39 is 17.3 Å². The van der Waals surface area contributed by atoms with E-state index in [9.17, 15) is 18.3 Å². The highest BCUT2D eigenvalue weighted by Gasteiger charge is 2.43. The molecule has 1 saturated carbocycles. The number of aliphatic hydroxyl groups is 1. The van der Waals surface area contributed by atoms with Crippen LogP contribution >= 0.6 is 15.9 Å². The van der Waals surface area contributed by atoms with Crippen LogP contribution in [0.3, 0.4) is 0 Å². The second kappa shape index (κ2) is 4.42. The second-order valence-electron chi connectivity index (χ2n) is 4.54. The van der Waals surface area contributed by atoms with Crippen LogP contribution in [0.25, 0.3) is 0 Å². The van der Waals surface area contributed by atoms with E-state index in [2.05, 4.69) is 15.9 Å². The molecule has 0 heterocycles. The molecule has 1 aromatic carbocycles. The Kier molecular flexibility index (Phi) is 3.36. The first-order chi connectivity index (χ1) is 8.25. The smallest absolute Gasteiger partial charge is 0.416 e. The van der Waals surface area contributed by atoms with Crippen molar-refractivity contribution in [2.75, 3.05) is 7.11 Å². The number of halogens is 4. The highest BCUT2D eigenvalue weighted by atomic mass is 79.9. The molecule has 18 heavy (non-hydrogen) atoms. The first-order valence-electron chi connectivity index (χ1n) is 5.41. The maximum Gasteiger partial charge on any atom is 0.416 e. The Morgan fingerprint density at radius 1 is 1.39 bits per heavy atom. The fourth-order valence-corrected chi connectivity index (χ4v) is 2.39. The molecule has 0 amide bonds. The number of alkyl halides is 3. The molecule has 0 bridgehead atoms. The molecule has 0 saturated heterocycles. The molecule has 2 rings (SSSR count). The summed E-state index contributed by atoms with van der Waals surface area (Å²) in [6.45, 7) is 0. The molecule has 1 aliphatic rings. The van der Waals surface area contributed by atoms with Gasteiger partial charge >= 0.3 is 6.18 Å². The number of methoxy groups -OCH3 is 1. The van der Waals surface area contributed by atoms with Gasteiger partial charge in [-0.15, -0.1) is 0 Å². The van der Waals surface area contributed by atoms with Crippen LogP contribution < -0.4 is 4.74 Å². The van der Waals surface area contributed by atoms with Gasteiger partial charge in [0.15, 0.2) is 0 Å². The molecule has 0 spiro atoms. The predicted molar refractivity (Wildman–Crippen MR) is 63.6 cm³/mol. The van der Waals surface area contributed by atoms with Crippen LogP contribution in [0.15, 0.2) is 16.6 Å². The van der Waals surface area contributed by atoms with Gasteiger partial charge in [0.05, 0.1) is 22.7 Å². The van der Waals surface area contributed by atoms with E-state index >= 15 is 0 Å². The number of ether oxygens (including phenoxy) is 1. The fraction of sp³-hybridized carbons (Fsp3) is 0.500. The minimum atomic E-state index is -4.45. The Bertz CT molecular complexity index is 467. The Morgan fingerprint density at radius 2 is 2.00 bits per heavy atom. The molecule has 0 aromatic heterocycles. The van der Waals surface area contributed by atoms with Gasteiger partial charge in [-0.1, -0.05) is 0 Å². The van der Waals surface area contributed by atoms with Crippen molar-refractivity contribution >= 4 is 15.9 Å². The molecule has 0 unspecified atom stereocenters. The molecule has 1 N–H and O–H groups in total. The summed E-state index contributed by atoms with van der Waals surface area (Å²) in [5.74, 6) is 0.133. The number of rotatable bonds is 3. The van der Waals surface area contributed by atoms with Crippen LogP contribution in [-0.2, 0) is 12.6 Å². The monoisotopic (exact) mass is 324 g/mol. The molecule has 6 heteroatoms. The Labute approximate surface area is 111 Å². The lowest BCUT2D eigenvalue weighted by Crippen LogP contribution is -2.16. The summed E-state index contributed by atoms with van der Waals surface area (Å²) < 4.78 is 44.1. The van der Waals surface area contributed by atoms with E-state index in [1.807, 2.05) is 0 Å². The van der Waals surface area contributed by atoms with Crippen LogP contribution in [0.5, 0.6) is 5.75 Å². The lowest BCUT2D eigenvalue weighted by molar-refractivity contribution is -0.138. The van der Waals surface area contributed by atoms with Gasteiger partial charge in [0.25, 0.3) is 0 Å². The van der Waals surface area contributed by atoms with Crippen molar-refractivity contribution in [1.29, 1.82) is 0 Å². The molecule has 100 valence electrons. The zero-order valence-electron chi connectivity index (χ0n) is 9.64. The van der Waals surface area contributed by atoms with E-state index in [0.717, 1.165) is 6.07 Å². The summed E-state index contributed by atoms with van der Waals surface area (Å²) in [4.78, 5) is 0. The van der Waals surface area contributed by atoms with E-state index in [4.69, 9.17) is 4.74 Å². The molecule has 0 aliphatic heterocycles. The fourth-order valence-electron chi connectivity index (χ4n) is 1.84. The highest BCUT2D eigenvalue weighted by Crippen LogP contribution is 2.44. The van der Waals surface area contributed by atoms with Crippen molar-refractivity contribution in [2.24, 2.45) is 0 Å². The second-order valence-corrected chi connectivity index (χ2v) is 5.40. The van der Waals surface area contributed by atoms with Crippen molar-refractivity contribution in [1.82, 2.24) is 0 Å². The number of hydrogen-bond acceptors (Lipinski definition) is 2. The van der Waals surface area contributed by atoms with Crippen LogP contribution in [0.4, 0.5) is 13.2 Å². The molecule has 1 aromatic rings. The average Bonchev–Trinajstić information content (AvgIpc) is 2.94. The molecule has 0 radical (unpaired) electrons. The molecule has 0 atom stereocenters. The van der Waals surface area contributed by atoms with Crippen LogP contribution in [0.1, 0.15) is 24.0 Å². The van der Waals surface area contributed by atoms with Crippen molar-refractivity contribution in [2.45, 2.75) is 31.0 Å². The van der Waals surface area contributed by atoms with E-state index in [1.165, 1.54) is 13.2 Å². The molecular formula is C12H12BrF3O2. The summed E-state index contributed by atoms with van der Waals surface area (Å²) in [7, 11) is 1.31. The van der Waals surface area contributed by atoms with Crippen molar-refractivity contribution in [3.8, 4) is 5.75 Å². The van der Waals surface area contributed by atoms with Crippen LogP contribution in [0, 0.1) is 0 Å². The Morgan fingerprint density at radius 3 is 2.44 bits per heavy atom.